The maximum Gasteiger partial charge on any atom is 0.285 e. The van der Waals surface area contributed by atoms with Gasteiger partial charge in [-0.1, -0.05) is 66.2 Å². The van der Waals surface area contributed by atoms with Gasteiger partial charge in [0, 0.05) is 16.1 Å². The molecule has 0 spiro atoms. The number of benzene rings is 3. The number of hydrogen-bond acceptors (Lipinski definition) is 5. The molecule has 0 radical (unpaired) electrons. The van der Waals surface area contributed by atoms with Gasteiger partial charge in [-0.05, 0) is 29.8 Å². The minimum absolute atomic E-state index is 0.0820. The summed E-state index contributed by atoms with van der Waals surface area (Å²) in [6, 6.07) is 21.0. The van der Waals surface area contributed by atoms with E-state index in [0.717, 1.165) is 5.01 Å². The number of amidine groups is 1. The summed E-state index contributed by atoms with van der Waals surface area (Å²) in [5.41, 5.74) is 11.8. The second-order valence-corrected chi connectivity index (χ2v) is 9.64. The lowest BCUT2D eigenvalue weighted by Crippen LogP contribution is -2.42. The van der Waals surface area contributed by atoms with Gasteiger partial charge < -0.3 is 16.6 Å². The van der Waals surface area contributed by atoms with Crippen molar-refractivity contribution >= 4 is 39.1 Å². The molecular weight excluding hydrogens is 476 g/mol. The molecule has 9 nitrogen and oxygen atoms in total. The average molecular weight is 497 g/mol. The van der Waals surface area contributed by atoms with Gasteiger partial charge in [0.1, 0.15) is 11.5 Å². The van der Waals surface area contributed by atoms with Crippen LogP contribution in [0.15, 0.2) is 93.3 Å². The number of sulfonamides is 1. The van der Waals surface area contributed by atoms with Gasteiger partial charge in [-0.25, -0.2) is 5.01 Å². The molecule has 0 saturated heterocycles. The van der Waals surface area contributed by atoms with Gasteiger partial charge in [0.15, 0.2) is 5.60 Å². The van der Waals surface area contributed by atoms with Crippen LogP contribution in [0.4, 0.5) is 0 Å². The number of hydrazone groups is 1. The van der Waals surface area contributed by atoms with Crippen LogP contribution in [-0.4, -0.2) is 42.6 Å². The molecule has 0 bridgehead atoms. The Morgan fingerprint density at radius 3 is 2.24 bits per heavy atom. The number of hydrogen-bond donors (Lipinski definition) is 4. The Hall–Kier alpha value is -3.73. The fraction of sp³-hybridized carbons (Fsp3) is 0.0870. The third kappa shape index (κ3) is 4.51. The van der Waals surface area contributed by atoms with Crippen LogP contribution in [0.2, 0.25) is 5.02 Å². The summed E-state index contributed by atoms with van der Waals surface area (Å²) in [6.07, 6.45) is 0. The van der Waals surface area contributed by atoms with Crippen molar-refractivity contribution in [3.05, 3.63) is 101 Å². The fourth-order valence-electron chi connectivity index (χ4n) is 3.54. The van der Waals surface area contributed by atoms with Crippen molar-refractivity contribution < 1.29 is 13.5 Å². The van der Waals surface area contributed by atoms with E-state index in [0.29, 0.717) is 21.7 Å². The second kappa shape index (κ2) is 8.90. The van der Waals surface area contributed by atoms with E-state index in [1.807, 2.05) is 6.07 Å². The van der Waals surface area contributed by atoms with Crippen LogP contribution in [0.25, 0.3) is 0 Å². The zero-order chi connectivity index (χ0) is 24.5. The van der Waals surface area contributed by atoms with E-state index in [1.165, 1.54) is 24.3 Å². The van der Waals surface area contributed by atoms with Gasteiger partial charge in [-0.3, -0.25) is 5.41 Å². The number of nitrogens with two attached hydrogens (primary N) is 2. The Labute approximate surface area is 201 Å². The molecule has 3 aromatic rings. The van der Waals surface area contributed by atoms with Crippen molar-refractivity contribution in [2.24, 2.45) is 21.0 Å². The normalized spacial score (nSPS) is 18.6. The Bertz CT molecular complexity index is 1390. The number of guanidine groups is 1. The Balaban J connectivity index is 1.76. The lowest BCUT2D eigenvalue weighted by atomic mass is 9.85. The lowest BCUT2D eigenvalue weighted by molar-refractivity contribution is 0.104. The molecule has 0 aliphatic carbocycles. The maximum absolute atomic E-state index is 12.7. The standard InChI is InChI=1S/C23H21ClN6O3S/c24-18-10-12-19(13-11-18)34(32,33)29-22(27)30-14-23(31,17-4-2-1-3-5-17)20(28-30)15-6-8-16(9-7-15)21(25)26/h1-13,31H,14H2,(H3,25,26)(H2,27,29). The van der Waals surface area contributed by atoms with E-state index in [-0.39, 0.29) is 23.0 Å². The number of aliphatic hydroxyl groups is 1. The third-order valence-corrected chi connectivity index (χ3v) is 6.85. The zero-order valence-electron chi connectivity index (χ0n) is 17.8. The first-order valence-electron chi connectivity index (χ1n) is 10.1. The monoisotopic (exact) mass is 496 g/mol. The molecule has 1 aliphatic rings. The summed E-state index contributed by atoms with van der Waals surface area (Å²) in [6.45, 7) is -0.160. The van der Waals surface area contributed by atoms with E-state index < -0.39 is 21.6 Å². The molecule has 174 valence electrons. The molecule has 6 N–H and O–H groups in total. The van der Waals surface area contributed by atoms with E-state index in [9.17, 15) is 13.5 Å². The molecule has 1 atom stereocenters. The van der Waals surface area contributed by atoms with Crippen molar-refractivity contribution in [2.45, 2.75) is 10.5 Å². The van der Waals surface area contributed by atoms with Crippen LogP contribution in [0.1, 0.15) is 16.7 Å². The highest BCUT2D eigenvalue weighted by Crippen LogP contribution is 2.33. The molecule has 3 aromatic carbocycles. The summed E-state index contributed by atoms with van der Waals surface area (Å²) in [5.74, 6) is -0.497. The SMILES string of the molecule is N=C(N)c1ccc(C2=NN(/C(N)=N/S(=O)(=O)c3ccc(Cl)cc3)CC2(O)c2ccccc2)cc1. The van der Waals surface area contributed by atoms with E-state index in [4.69, 9.17) is 28.5 Å². The quantitative estimate of drug-likeness (QED) is 0.313. The molecule has 0 fully saturated rings. The summed E-state index contributed by atoms with van der Waals surface area (Å²) in [4.78, 5) is -0.0820. The first-order valence-corrected chi connectivity index (χ1v) is 11.9. The highest BCUT2D eigenvalue weighted by Gasteiger charge is 2.44. The minimum Gasteiger partial charge on any atom is -0.384 e. The molecule has 0 aromatic heterocycles. The predicted molar refractivity (Wildman–Crippen MR) is 131 cm³/mol. The Kier molecular flexibility index (Phi) is 6.13. The molecule has 34 heavy (non-hydrogen) atoms. The summed E-state index contributed by atoms with van der Waals surface area (Å²) >= 11 is 5.83. The van der Waals surface area contributed by atoms with Crippen LogP contribution >= 0.6 is 11.6 Å². The van der Waals surface area contributed by atoms with Gasteiger partial charge >= 0.3 is 0 Å². The Morgan fingerprint density at radius 1 is 1.03 bits per heavy atom. The maximum atomic E-state index is 12.7. The van der Waals surface area contributed by atoms with Gasteiger partial charge in [0.25, 0.3) is 10.0 Å². The molecule has 4 rings (SSSR count). The van der Waals surface area contributed by atoms with Crippen LogP contribution in [0.3, 0.4) is 0 Å². The van der Waals surface area contributed by atoms with E-state index in [2.05, 4.69) is 9.50 Å². The van der Waals surface area contributed by atoms with E-state index in [1.54, 1.807) is 48.5 Å². The van der Waals surface area contributed by atoms with Crippen LogP contribution in [0, 0.1) is 5.41 Å². The number of halogens is 1. The second-order valence-electron chi connectivity index (χ2n) is 7.60. The molecule has 0 saturated carbocycles. The Morgan fingerprint density at radius 2 is 1.65 bits per heavy atom. The molecular formula is C23H21ClN6O3S. The summed E-state index contributed by atoms with van der Waals surface area (Å²) < 4.78 is 29.1. The first-order chi connectivity index (χ1) is 16.1. The lowest BCUT2D eigenvalue weighted by Gasteiger charge is -2.25. The van der Waals surface area contributed by atoms with Crippen molar-refractivity contribution in [3.8, 4) is 0 Å². The van der Waals surface area contributed by atoms with Gasteiger partial charge in [0.05, 0.1) is 11.4 Å². The zero-order valence-corrected chi connectivity index (χ0v) is 19.3. The highest BCUT2D eigenvalue weighted by atomic mass is 35.5. The van der Waals surface area contributed by atoms with Crippen LogP contribution < -0.4 is 11.5 Å². The molecule has 1 unspecified atom stereocenters. The van der Waals surface area contributed by atoms with Gasteiger partial charge in [0.2, 0.25) is 5.96 Å². The molecule has 1 heterocycles. The molecule has 0 amide bonds. The van der Waals surface area contributed by atoms with Crippen LogP contribution in [0.5, 0.6) is 0 Å². The predicted octanol–water partition coefficient (Wildman–Crippen LogP) is 2.24. The third-order valence-electron chi connectivity index (χ3n) is 5.30. The average Bonchev–Trinajstić information content (AvgIpc) is 3.18. The van der Waals surface area contributed by atoms with Gasteiger partial charge in [-0.2, -0.15) is 13.5 Å². The molecule has 1 aliphatic heterocycles. The number of β-amino-alcohol motifs (C(OH)–C–C–N with tert-alkyl or cyclic N) is 1. The van der Waals surface area contributed by atoms with Crippen molar-refractivity contribution in [1.29, 1.82) is 5.41 Å². The first kappa shape index (κ1) is 23.4. The fourth-order valence-corrected chi connectivity index (χ4v) is 4.59. The topological polar surface area (TPSA) is 158 Å². The largest absolute Gasteiger partial charge is 0.384 e. The minimum atomic E-state index is -4.14. The number of nitrogen functional groups attached to an aromatic ring is 1. The number of rotatable bonds is 5. The van der Waals surface area contributed by atoms with E-state index >= 15 is 0 Å². The van der Waals surface area contributed by atoms with Gasteiger partial charge in [-0.15, -0.1) is 4.40 Å². The number of nitrogens with zero attached hydrogens (tertiary/aromatic N) is 3. The summed E-state index contributed by atoms with van der Waals surface area (Å²) in [7, 11) is -4.14. The summed E-state index contributed by atoms with van der Waals surface area (Å²) in [5, 5.41) is 25.2. The van der Waals surface area contributed by atoms with Crippen molar-refractivity contribution in [1.82, 2.24) is 5.01 Å². The number of nitrogens with one attached hydrogen (secondary N) is 1. The van der Waals surface area contributed by atoms with Crippen LogP contribution in [-0.2, 0) is 15.6 Å². The molecule has 11 heteroatoms. The van der Waals surface area contributed by atoms with Crippen molar-refractivity contribution in [2.75, 3.05) is 6.54 Å². The smallest absolute Gasteiger partial charge is 0.285 e. The van der Waals surface area contributed by atoms with Crippen molar-refractivity contribution in [3.63, 3.8) is 0 Å². The highest BCUT2D eigenvalue weighted by molar-refractivity contribution is 7.90.